The van der Waals surface area contributed by atoms with Crippen LogP contribution in [0.1, 0.15) is 42.2 Å². The van der Waals surface area contributed by atoms with Gasteiger partial charge in [-0.1, -0.05) is 61.1 Å². The molecule has 0 saturated heterocycles. The molecular formula is C30H24Br2Cl2F4O3. The molecule has 0 aliphatic rings. The number of halogens is 8. The van der Waals surface area contributed by atoms with E-state index in [2.05, 4.69) is 31.9 Å². The molecule has 4 aromatic rings. The Labute approximate surface area is 262 Å². The standard InChI is InChI=1S/C15H12BrClF2O2.C15H12BrClF2O/c1-2-21-12-6-4-9(13(18)14(12)19)15(20)10-7-8(16)3-5-11(10)17;1-2-20-13-6-3-9(14(18)15(13)19)7-10-8-11(16)4-5-12(10)17/h3-7,15,20H,2H2,1H3;3-6,8H,2,7H2,1H3. The highest BCUT2D eigenvalue weighted by Gasteiger charge is 2.23. The first-order valence-corrected chi connectivity index (χ1v) is 14.6. The average molecular weight is 739 g/mol. The fourth-order valence-corrected chi connectivity index (χ4v) is 4.97. The average Bonchev–Trinajstić information content (AvgIpc) is 2.94. The quantitative estimate of drug-likeness (QED) is 0.183. The van der Waals surface area contributed by atoms with Gasteiger partial charge in [0.15, 0.2) is 23.1 Å². The molecule has 0 aliphatic heterocycles. The van der Waals surface area contributed by atoms with E-state index in [0.29, 0.717) is 9.50 Å². The van der Waals surface area contributed by atoms with E-state index in [4.69, 9.17) is 32.7 Å². The second-order valence-electron chi connectivity index (χ2n) is 8.48. The Morgan fingerprint density at radius 3 is 1.80 bits per heavy atom. The van der Waals surface area contributed by atoms with Gasteiger partial charge in [0.05, 0.1) is 13.2 Å². The topological polar surface area (TPSA) is 38.7 Å². The van der Waals surface area contributed by atoms with Gasteiger partial charge in [-0.15, -0.1) is 0 Å². The molecule has 0 saturated carbocycles. The van der Waals surface area contributed by atoms with E-state index in [1.54, 1.807) is 50.2 Å². The van der Waals surface area contributed by atoms with Crippen LogP contribution in [0.3, 0.4) is 0 Å². The molecule has 218 valence electrons. The number of hydrogen-bond donors (Lipinski definition) is 1. The molecule has 11 heteroatoms. The lowest BCUT2D eigenvalue weighted by atomic mass is 10.0. The normalized spacial score (nSPS) is 11.5. The minimum absolute atomic E-state index is 0.0749. The zero-order valence-electron chi connectivity index (χ0n) is 21.8. The Balaban J connectivity index is 0.000000226. The van der Waals surface area contributed by atoms with E-state index in [0.717, 1.165) is 10.0 Å². The van der Waals surface area contributed by atoms with Crippen molar-refractivity contribution in [3.05, 3.63) is 125 Å². The van der Waals surface area contributed by atoms with Gasteiger partial charge in [0.25, 0.3) is 0 Å². The maximum atomic E-state index is 14.1. The van der Waals surface area contributed by atoms with Crippen molar-refractivity contribution in [1.29, 1.82) is 0 Å². The number of rotatable bonds is 8. The molecule has 41 heavy (non-hydrogen) atoms. The van der Waals surface area contributed by atoms with Gasteiger partial charge in [0.2, 0.25) is 11.6 Å². The highest BCUT2D eigenvalue weighted by molar-refractivity contribution is 9.10. The van der Waals surface area contributed by atoms with E-state index in [-0.39, 0.29) is 52.8 Å². The van der Waals surface area contributed by atoms with E-state index in [1.807, 2.05) is 0 Å². The van der Waals surface area contributed by atoms with Crippen molar-refractivity contribution in [2.75, 3.05) is 13.2 Å². The Morgan fingerprint density at radius 1 is 0.659 bits per heavy atom. The summed E-state index contributed by atoms with van der Waals surface area (Å²) in [5.74, 6) is -4.40. The summed E-state index contributed by atoms with van der Waals surface area (Å²) >= 11 is 18.6. The second kappa shape index (κ2) is 15.3. The SMILES string of the molecule is CCOc1ccc(C(O)c2cc(Br)ccc2Cl)c(F)c1F.CCOc1ccc(Cc2cc(Br)ccc2Cl)c(F)c1F. The predicted molar refractivity (Wildman–Crippen MR) is 160 cm³/mol. The molecule has 0 aliphatic carbocycles. The van der Waals surface area contributed by atoms with E-state index < -0.39 is 29.4 Å². The van der Waals surface area contributed by atoms with Crippen molar-refractivity contribution in [2.45, 2.75) is 26.4 Å². The smallest absolute Gasteiger partial charge is 0.200 e. The van der Waals surface area contributed by atoms with Crippen LogP contribution in [0.25, 0.3) is 0 Å². The molecule has 0 bridgehead atoms. The number of ether oxygens (including phenoxy) is 2. The molecule has 4 aromatic carbocycles. The van der Waals surface area contributed by atoms with E-state index in [1.165, 1.54) is 24.3 Å². The molecule has 0 amide bonds. The Bertz CT molecular complexity index is 1520. The van der Waals surface area contributed by atoms with Crippen LogP contribution < -0.4 is 9.47 Å². The first-order chi connectivity index (χ1) is 19.5. The molecule has 0 spiro atoms. The predicted octanol–water partition coefficient (Wildman–Crippen LogP) is 10.2. The van der Waals surface area contributed by atoms with Crippen molar-refractivity contribution < 1.29 is 32.1 Å². The molecule has 0 fully saturated rings. The molecule has 0 radical (unpaired) electrons. The number of aliphatic hydroxyl groups excluding tert-OH is 1. The van der Waals surface area contributed by atoms with Gasteiger partial charge in [0, 0.05) is 36.5 Å². The summed E-state index contributed by atoms with van der Waals surface area (Å²) in [5.41, 5.74) is 1.05. The fraction of sp³-hybridized carbons (Fsp3) is 0.200. The third kappa shape index (κ3) is 8.38. The van der Waals surface area contributed by atoms with Crippen LogP contribution in [-0.2, 0) is 6.42 Å². The molecule has 1 atom stereocenters. The minimum atomic E-state index is -1.37. The number of hydrogen-bond acceptors (Lipinski definition) is 3. The van der Waals surface area contributed by atoms with Crippen molar-refractivity contribution in [2.24, 2.45) is 0 Å². The largest absolute Gasteiger partial charge is 0.491 e. The molecule has 1 unspecified atom stereocenters. The highest BCUT2D eigenvalue weighted by Crippen LogP contribution is 2.34. The summed E-state index contributed by atoms with van der Waals surface area (Å²) < 4.78 is 67.2. The summed E-state index contributed by atoms with van der Waals surface area (Å²) in [4.78, 5) is 0. The van der Waals surface area contributed by atoms with Gasteiger partial charge in [0.1, 0.15) is 6.10 Å². The van der Waals surface area contributed by atoms with Gasteiger partial charge >= 0.3 is 0 Å². The fourth-order valence-electron chi connectivity index (χ4n) is 3.78. The van der Waals surface area contributed by atoms with Gasteiger partial charge in [-0.3, -0.25) is 0 Å². The Kier molecular flexibility index (Phi) is 12.4. The summed E-state index contributed by atoms with van der Waals surface area (Å²) in [6.07, 6.45) is -1.16. The molecule has 0 aromatic heterocycles. The summed E-state index contributed by atoms with van der Waals surface area (Å²) in [6, 6.07) is 15.6. The van der Waals surface area contributed by atoms with Crippen LogP contribution in [0.5, 0.6) is 11.5 Å². The minimum Gasteiger partial charge on any atom is -0.491 e. The highest BCUT2D eigenvalue weighted by atomic mass is 79.9. The summed E-state index contributed by atoms with van der Waals surface area (Å²) in [6.45, 7) is 3.89. The molecule has 4 rings (SSSR count). The van der Waals surface area contributed by atoms with E-state index >= 15 is 0 Å². The maximum Gasteiger partial charge on any atom is 0.200 e. The number of aliphatic hydroxyl groups is 1. The van der Waals surface area contributed by atoms with Gasteiger partial charge in [-0.05, 0) is 79.6 Å². The Hall–Kier alpha value is -2.30. The van der Waals surface area contributed by atoms with Crippen LogP contribution in [0.15, 0.2) is 69.6 Å². The lowest BCUT2D eigenvalue weighted by molar-refractivity contribution is 0.212. The van der Waals surface area contributed by atoms with Crippen molar-refractivity contribution in [3.63, 3.8) is 0 Å². The van der Waals surface area contributed by atoms with Crippen LogP contribution in [0.4, 0.5) is 17.6 Å². The molecule has 0 heterocycles. The lowest BCUT2D eigenvalue weighted by Crippen LogP contribution is -2.07. The third-order valence-electron chi connectivity index (χ3n) is 5.74. The van der Waals surface area contributed by atoms with E-state index in [9.17, 15) is 22.7 Å². The van der Waals surface area contributed by atoms with Crippen LogP contribution in [0, 0.1) is 23.3 Å². The van der Waals surface area contributed by atoms with Crippen molar-refractivity contribution in [1.82, 2.24) is 0 Å². The van der Waals surface area contributed by atoms with Crippen molar-refractivity contribution in [3.8, 4) is 11.5 Å². The molecule has 1 N–H and O–H groups in total. The van der Waals surface area contributed by atoms with Crippen LogP contribution in [-0.4, -0.2) is 18.3 Å². The molecular weight excluding hydrogens is 715 g/mol. The first-order valence-electron chi connectivity index (χ1n) is 12.3. The Morgan fingerprint density at radius 2 is 1.20 bits per heavy atom. The second-order valence-corrected chi connectivity index (χ2v) is 11.1. The summed E-state index contributed by atoms with van der Waals surface area (Å²) in [7, 11) is 0. The van der Waals surface area contributed by atoms with Gasteiger partial charge in [-0.2, -0.15) is 8.78 Å². The van der Waals surface area contributed by atoms with Crippen LogP contribution >= 0.6 is 55.1 Å². The monoisotopic (exact) mass is 736 g/mol. The lowest BCUT2D eigenvalue weighted by Gasteiger charge is -2.16. The zero-order valence-corrected chi connectivity index (χ0v) is 26.4. The van der Waals surface area contributed by atoms with Crippen LogP contribution in [0.2, 0.25) is 10.0 Å². The van der Waals surface area contributed by atoms with Gasteiger partial charge in [-0.25, -0.2) is 8.78 Å². The zero-order chi connectivity index (χ0) is 30.3. The third-order valence-corrected chi connectivity index (χ3v) is 7.44. The van der Waals surface area contributed by atoms with Crippen molar-refractivity contribution >= 4 is 55.1 Å². The number of benzene rings is 4. The first kappa shape index (κ1) is 33.2. The van der Waals surface area contributed by atoms with Gasteiger partial charge < -0.3 is 14.6 Å². The maximum absolute atomic E-state index is 14.1. The summed E-state index contributed by atoms with van der Waals surface area (Å²) in [5, 5.41) is 11.0. The molecule has 3 nitrogen and oxygen atoms in total.